The third-order valence-corrected chi connectivity index (χ3v) is 7.55. The van der Waals surface area contributed by atoms with Gasteiger partial charge in [0.05, 0.1) is 5.56 Å². The molecular weight excluding hydrogens is 539 g/mol. The van der Waals surface area contributed by atoms with Crippen LogP contribution in [0, 0.1) is 5.92 Å². The van der Waals surface area contributed by atoms with Crippen LogP contribution in [-0.2, 0) is 19.3 Å². The number of hydrogen-bond acceptors (Lipinski definition) is 4. The Balaban J connectivity index is 1.81. The van der Waals surface area contributed by atoms with E-state index < -0.39 is 17.6 Å². The third kappa shape index (κ3) is 6.88. The zero-order chi connectivity index (χ0) is 24.2. The first-order valence-corrected chi connectivity index (χ1v) is 12.8. The molecule has 0 unspecified atom stereocenters. The summed E-state index contributed by atoms with van der Waals surface area (Å²) >= 11 is 11.0. The Bertz CT molecular complexity index is 1010. The van der Waals surface area contributed by atoms with Gasteiger partial charge in [0.1, 0.15) is 0 Å². The minimum Gasteiger partial charge on any atom is -0.348 e. The first kappa shape index (κ1) is 26.3. The van der Waals surface area contributed by atoms with Crippen LogP contribution in [0.4, 0.5) is 13.2 Å². The maximum Gasteiger partial charge on any atom is 0.416 e. The van der Waals surface area contributed by atoms with Crippen LogP contribution in [0.3, 0.4) is 0 Å². The number of likely N-dealkylation sites (tertiary alicyclic amines) is 1. The van der Waals surface area contributed by atoms with Crippen LogP contribution < -0.4 is 11.1 Å². The van der Waals surface area contributed by atoms with Crippen molar-refractivity contribution in [2.75, 3.05) is 25.4 Å². The number of rotatable bonds is 8. The number of nitrogens with two attached hydrogens (primary N) is 1. The van der Waals surface area contributed by atoms with Crippen molar-refractivity contribution in [2.45, 2.75) is 37.5 Å². The highest BCUT2D eigenvalue weighted by molar-refractivity contribution is 9.10. The SMILES string of the molecule is CCSc1ccc(Cl)cc1CNC(=O)c1cc(Br)c(CN2CC[C@@H](CN)C2)c(C(F)(F)F)c1. The van der Waals surface area contributed by atoms with Crippen molar-refractivity contribution in [3.05, 3.63) is 62.1 Å². The van der Waals surface area contributed by atoms with E-state index in [9.17, 15) is 18.0 Å². The van der Waals surface area contributed by atoms with Crippen molar-refractivity contribution >= 4 is 45.2 Å². The first-order valence-electron chi connectivity index (χ1n) is 10.6. The number of amides is 1. The van der Waals surface area contributed by atoms with Crippen LogP contribution >= 0.6 is 39.3 Å². The molecule has 0 radical (unpaired) electrons. The number of hydrogen-bond donors (Lipinski definition) is 2. The predicted molar refractivity (Wildman–Crippen MR) is 131 cm³/mol. The largest absolute Gasteiger partial charge is 0.416 e. The van der Waals surface area contributed by atoms with Crippen molar-refractivity contribution in [2.24, 2.45) is 11.7 Å². The van der Waals surface area contributed by atoms with Gasteiger partial charge in [-0.25, -0.2) is 0 Å². The highest BCUT2D eigenvalue weighted by atomic mass is 79.9. The Kier molecular flexibility index (Phi) is 9.14. The van der Waals surface area contributed by atoms with Crippen LogP contribution in [0.15, 0.2) is 39.7 Å². The average Bonchev–Trinajstić information content (AvgIpc) is 3.22. The fourth-order valence-electron chi connectivity index (χ4n) is 3.91. The molecule has 0 bridgehead atoms. The summed E-state index contributed by atoms with van der Waals surface area (Å²) in [6.45, 7) is 4.21. The number of carbonyl (C=O) groups is 1. The molecule has 33 heavy (non-hydrogen) atoms. The molecule has 3 rings (SSSR count). The molecule has 1 heterocycles. The van der Waals surface area contributed by atoms with E-state index in [-0.39, 0.29) is 28.7 Å². The maximum atomic E-state index is 13.9. The summed E-state index contributed by atoms with van der Waals surface area (Å²) in [5.41, 5.74) is 5.80. The summed E-state index contributed by atoms with van der Waals surface area (Å²) in [5.74, 6) is 0.560. The third-order valence-electron chi connectivity index (χ3n) is 5.61. The van der Waals surface area contributed by atoms with E-state index in [4.69, 9.17) is 17.3 Å². The van der Waals surface area contributed by atoms with Gasteiger partial charge in [-0.05, 0) is 72.6 Å². The lowest BCUT2D eigenvalue weighted by Gasteiger charge is -2.22. The van der Waals surface area contributed by atoms with E-state index in [2.05, 4.69) is 21.2 Å². The summed E-state index contributed by atoms with van der Waals surface area (Å²) in [6.07, 6.45) is -3.71. The molecule has 3 N–H and O–H groups in total. The quantitative estimate of drug-likeness (QED) is 0.390. The van der Waals surface area contributed by atoms with Gasteiger partial charge in [0.2, 0.25) is 0 Å². The van der Waals surface area contributed by atoms with Crippen LogP contribution in [0.2, 0.25) is 5.02 Å². The lowest BCUT2D eigenvalue weighted by atomic mass is 10.0. The molecular formula is C23H26BrClF3N3OS. The van der Waals surface area contributed by atoms with Crippen LogP contribution in [0.25, 0.3) is 0 Å². The van der Waals surface area contributed by atoms with E-state index in [0.29, 0.717) is 30.6 Å². The molecule has 4 nitrogen and oxygen atoms in total. The highest BCUT2D eigenvalue weighted by Gasteiger charge is 2.36. The molecule has 2 aromatic carbocycles. The van der Waals surface area contributed by atoms with Crippen molar-refractivity contribution in [1.82, 2.24) is 10.2 Å². The fraction of sp³-hybridized carbons (Fsp3) is 0.435. The van der Waals surface area contributed by atoms with Gasteiger partial charge in [0.25, 0.3) is 5.91 Å². The lowest BCUT2D eigenvalue weighted by molar-refractivity contribution is -0.138. The molecule has 1 aliphatic rings. The number of benzene rings is 2. The second-order valence-electron chi connectivity index (χ2n) is 7.98. The first-order chi connectivity index (χ1) is 15.6. The van der Waals surface area contributed by atoms with Gasteiger partial charge in [-0.2, -0.15) is 13.2 Å². The normalized spacial score (nSPS) is 16.9. The topological polar surface area (TPSA) is 58.4 Å². The van der Waals surface area contributed by atoms with Crippen LogP contribution in [-0.4, -0.2) is 36.2 Å². The molecule has 0 aromatic heterocycles. The molecule has 1 amide bonds. The van der Waals surface area contributed by atoms with Crippen molar-refractivity contribution in [3.8, 4) is 0 Å². The molecule has 0 spiro atoms. The Morgan fingerprint density at radius 1 is 1.33 bits per heavy atom. The van der Waals surface area contributed by atoms with Gasteiger partial charge in [0, 0.05) is 39.6 Å². The van der Waals surface area contributed by atoms with E-state index >= 15 is 0 Å². The molecule has 1 aliphatic heterocycles. The molecule has 2 aromatic rings. The number of nitrogens with one attached hydrogen (secondary N) is 1. The number of nitrogens with zero attached hydrogens (tertiary/aromatic N) is 1. The van der Waals surface area contributed by atoms with E-state index in [1.54, 1.807) is 23.9 Å². The predicted octanol–water partition coefficient (Wildman–Crippen LogP) is 5.94. The summed E-state index contributed by atoms with van der Waals surface area (Å²) in [4.78, 5) is 15.7. The zero-order valence-electron chi connectivity index (χ0n) is 18.1. The number of thioether (sulfide) groups is 1. The zero-order valence-corrected chi connectivity index (χ0v) is 21.3. The number of halogens is 5. The summed E-state index contributed by atoms with van der Waals surface area (Å²) in [7, 11) is 0. The van der Waals surface area contributed by atoms with Crippen LogP contribution in [0.5, 0.6) is 0 Å². The fourth-order valence-corrected chi connectivity index (χ4v) is 5.49. The monoisotopic (exact) mass is 563 g/mol. The summed E-state index contributed by atoms with van der Waals surface area (Å²) in [5, 5.41) is 3.26. The summed E-state index contributed by atoms with van der Waals surface area (Å²) in [6, 6.07) is 7.79. The average molecular weight is 565 g/mol. The van der Waals surface area contributed by atoms with Crippen molar-refractivity contribution in [1.29, 1.82) is 0 Å². The second kappa shape index (κ2) is 11.4. The van der Waals surface area contributed by atoms with E-state index in [1.165, 1.54) is 6.07 Å². The number of alkyl halides is 3. The Hall–Kier alpha value is -1.26. The van der Waals surface area contributed by atoms with Gasteiger partial charge in [0.15, 0.2) is 0 Å². The Morgan fingerprint density at radius 2 is 2.09 bits per heavy atom. The van der Waals surface area contributed by atoms with Gasteiger partial charge in [-0.1, -0.05) is 34.5 Å². The van der Waals surface area contributed by atoms with Crippen molar-refractivity contribution < 1.29 is 18.0 Å². The Labute approximate surface area is 209 Å². The molecule has 0 saturated carbocycles. The summed E-state index contributed by atoms with van der Waals surface area (Å²) < 4.78 is 42.0. The van der Waals surface area contributed by atoms with E-state index in [1.807, 2.05) is 17.9 Å². The molecule has 0 aliphatic carbocycles. The van der Waals surface area contributed by atoms with E-state index in [0.717, 1.165) is 28.7 Å². The van der Waals surface area contributed by atoms with Crippen molar-refractivity contribution in [3.63, 3.8) is 0 Å². The molecule has 1 fully saturated rings. The standard InChI is InChI=1S/C23H26BrClF3N3OS/c1-2-33-21-4-3-17(25)7-16(21)11-30-22(32)15-8-19(23(26,27)28)18(20(24)9-15)13-31-6-5-14(10-29)12-31/h3-4,7-9,14H,2,5-6,10-13,29H2,1H3,(H,30,32)/t14-/m0/s1. The highest BCUT2D eigenvalue weighted by Crippen LogP contribution is 2.37. The van der Waals surface area contributed by atoms with Gasteiger partial charge < -0.3 is 11.1 Å². The van der Waals surface area contributed by atoms with Gasteiger partial charge >= 0.3 is 6.18 Å². The smallest absolute Gasteiger partial charge is 0.348 e. The molecule has 180 valence electrons. The lowest BCUT2D eigenvalue weighted by Crippen LogP contribution is -2.26. The van der Waals surface area contributed by atoms with Crippen LogP contribution in [0.1, 0.15) is 40.4 Å². The molecule has 1 atom stereocenters. The minimum absolute atomic E-state index is 0.0501. The minimum atomic E-state index is -4.58. The van der Waals surface area contributed by atoms with Gasteiger partial charge in [-0.3, -0.25) is 9.69 Å². The number of carbonyl (C=O) groups excluding carboxylic acids is 1. The Morgan fingerprint density at radius 3 is 2.73 bits per heavy atom. The van der Waals surface area contributed by atoms with Gasteiger partial charge in [-0.15, -0.1) is 11.8 Å². The second-order valence-corrected chi connectivity index (χ2v) is 10.6. The maximum absolute atomic E-state index is 13.9. The molecule has 1 saturated heterocycles. The molecule has 10 heteroatoms.